The topological polar surface area (TPSA) is 57.2 Å². The van der Waals surface area contributed by atoms with E-state index in [1.807, 2.05) is 72.8 Å². The van der Waals surface area contributed by atoms with Gasteiger partial charge in [-0.25, -0.2) is 0 Å². The number of rotatable bonds is 6. The van der Waals surface area contributed by atoms with Crippen LogP contribution in [0.5, 0.6) is 0 Å². The van der Waals surface area contributed by atoms with Crippen molar-refractivity contribution in [2.24, 2.45) is 0 Å². The summed E-state index contributed by atoms with van der Waals surface area (Å²) in [7, 11) is 0. The third-order valence-electron chi connectivity index (χ3n) is 6.63. The molecule has 1 N–H and O–H groups in total. The second kappa shape index (κ2) is 10.7. The van der Waals surface area contributed by atoms with Crippen LogP contribution in [0.15, 0.2) is 108 Å². The van der Waals surface area contributed by atoms with E-state index in [1.54, 1.807) is 0 Å². The minimum Gasteiger partial charge on any atom is -0.387 e. The van der Waals surface area contributed by atoms with E-state index in [2.05, 4.69) is 30.3 Å². The summed E-state index contributed by atoms with van der Waals surface area (Å²) in [5.74, 6) is 0. The first-order chi connectivity index (χ1) is 17.7. The maximum atomic E-state index is 11.4. The largest absolute Gasteiger partial charge is 0.387 e. The number of thioether (sulfide) groups is 1. The Morgan fingerprint density at radius 3 is 2.33 bits per heavy atom. The van der Waals surface area contributed by atoms with Crippen molar-refractivity contribution in [3.05, 3.63) is 114 Å². The third-order valence-corrected chi connectivity index (χ3v) is 7.80. The highest BCUT2D eigenvalue weighted by molar-refractivity contribution is 7.99. The van der Waals surface area contributed by atoms with Gasteiger partial charge in [0.25, 0.3) is 0 Å². The molecule has 0 aliphatic carbocycles. The van der Waals surface area contributed by atoms with Crippen LogP contribution in [-0.4, -0.2) is 41.6 Å². The van der Waals surface area contributed by atoms with Crippen molar-refractivity contribution >= 4 is 22.5 Å². The van der Waals surface area contributed by atoms with Crippen molar-refractivity contribution in [2.45, 2.75) is 47.6 Å². The average Bonchev–Trinajstić information content (AvgIpc) is 2.94. The molecule has 0 radical (unpaired) electrons. The number of fused-ring (bicyclic) bond motifs is 2. The molecule has 2 aliphatic heterocycles. The molecule has 0 bridgehead atoms. The van der Waals surface area contributed by atoms with Crippen LogP contribution in [0.4, 0.5) is 0 Å². The summed E-state index contributed by atoms with van der Waals surface area (Å²) in [6.45, 7) is 0.720. The van der Waals surface area contributed by atoms with Gasteiger partial charge in [-0.05, 0) is 34.5 Å². The van der Waals surface area contributed by atoms with Crippen LogP contribution >= 0.6 is 11.8 Å². The fourth-order valence-corrected chi connectivity index (χ4v) is 5.86. The van der Waals surface area contributed by atoms with Gasteiger partial charge >= 0.3 is 0 Å². The lowest BCUT2D eigenvalue weighted by Crippen LogP contribution is -2.61. The predicted octanol–water partition coefficient (Wildman–Crippen LogP) is 5.72. The molecule has 2 aliphatic rings. The first-order valence-electron chi connectivity index (χ1n) is 12.2. The number of aliphatic hydroxyl groups excluding tert-OH is 1. The molecule has 0 unspecified atom stereocenters. The summed E-state index contributed by atoms with van der Waals surface area (Å²) in [5, 5.41) is 13.8. The van der Waals surface area contributed by atoms with Gasteiger partial charge in [-0.3, -0.25) is 0 Å². The van der Waals surface area contributed by atoms with Crippen molar-refractivity contribution in [3.8, 4) is 0 Å². The number of hydrogen-bond donors (Lipinski definition) is 1. The molecule has 0 aromatic heterocycles. The van der Waals surface area contributed by atoms with Gasteiger partial charge in [-0.2, -0.15) is 0 Å². The molecule has 0 spiro atoms. The first kappa shape index (κ1) is 23.7. The molecule has 184 valence electrons. The van der Waals surface area contributed by atoms with E-state index in [0.29, 0.717) is 13.2 Å². The highest BCUT2D eigenvalue weighted by Crippen LogP contribution is 2.40. The zero-order chi connectivity index (χ0) is 24.3. The highest BCUT2D eigenvalue weighted by Gasteiger charge is 2.50. The van der Waals surface area contributed by atoms with E-state index in [4.69, 9.17) is 18.9 Å². The van der Waals surface area contributed by atoms with Gasteiger partial charge in [0.15, 0.2) is 6.29 Å². The summed E-state index contributed by atoms with van der Waals surface area (Å²) in [6, 6.07) is 34.3. The molecular weight excluding hydrogens is 472 g/mol. The van der Waals surface area contributed by atoms with E-state index in [1.165, 1.54) is 17.1 Å². The average molecular weight is 501 g/mol. The van der Waals surface area contributed by atoms with Crippen molar-refractivity contribution in [2.75, 3.05) is 6.61 Å². The fraction of sp³-hybridized carbons (Fsp3) is 0.267. The van der Waals surface area contributed by atoms with Crippen molar-refractivity contribution in [1.29, 1.82) is 0 Å². The lowest BCUT2D eigenvalue weighted by Gasteiger charge is -2.47. The van der Waals surface area contributed by atoms with Gasteiger partial charge in [-0.15, -0.1) is 0 Å². The number of ether oxygens (including phenoxy) is 4. The molecule has 36 heavy (non-hydrogen) atoms. The lowest BCUT2D eigenvalue weighted by atomic mass is 9.98. The monoisotopic (exact) mass is 500 g/mol. The predicted molar refractivity (Wildman–Crippen MR) is 139 cm³/mol. The van der Waals surface area contributed by atoms with Crippen LogP contribution in [-0.2, 0) is 25.6 Å². The summed E-state index contributed by atoms with van der Waals surface area (Å²) in [4.78, 5) is 1.02. The molecule has 5 nitrogen and oxygen atoms in total. The van der Waals surface area contributed by atoms with Crippen molar-refractivity contribution in [1.82, 2.24) is 0 Å². The Morgan fingerprint density at radius 1 is 0.806 bits per heavy atom. The molecule has 2 saturated heterocycles. The zero-order valence-corrected chi connectivity index (χ0v) is 20.5. The first-order valence-corrected chi connectivity index (χ1v) is 13.1. The summed E-state index contributed by atoms with van der Waals surface area (Å²) in [5.41, 5.74) is 1.47. The molecule has 0 amide bonds. The Morgan fingerprint density at radius 2 is 1.53 bits per heavy atom. The number of hydrogen-bond acceptors (Lipinski definition) is 6. The second-order valence-corrected chi connectivity index (χ2v) is 10.3. The summed E-state index contributed by atoms with van der Waals surface area (Å²) >= 11 is 1.49. The summed E-state index contributed by atoms with van der Waals surface area (Å²) < 4.78 is 25.1. The molecule has 2 fully saturated rings. The quantitative estimate of drug-likeness (QED) is 0.366. The van der Waals surface area contributed by atoms with E-state index in [9.17, 15) is 5.11 Å². The molecule has 0 saturated carbocycles. The van der Waals surface area contributed by atoms with E-state index in [-0.39, 0.29) is 6.10 Å². The van der Waals surface area contributed by atoms with Crippen molar-refractivity contribution < 1.29 is 24.1 Å². The van der Waals surface area contributed by atoms with Gasteiger partial charge in [-0.1, -0.05) is 96.7 Å². The van der Waals surface area contributed by atoms with Crippen LogP contribution in [0, 0.1) is 0 Å². The van der Waals surface area contributed by atoms with E-state index < -0.39 is 30.0 Å². The van der Waals surface area contributed by atoms with E-state index >= 15 is 0 Å². The van der Waals surface area contributed by atoms with Crippen LogP contribution in [0.2, 0.25) is 0 Å². The zero-order valence-electron chi connectivity index (χ0n) is 19.7. The molecule has 4 aromatic carbocycles. The van der Waals surface area contributed by atoms with Gasteiger partial charge in [0.05, 0.1) is 13.2 Å². The normalized spacial score (nSPS) is 28.0. The number of aliphatic hydroxyl groups is 1. The lowest BCUT2D eigenvalue weighted by molar-refractivity contribution is -0.325. The standard InChI is InChI=1S/C30H28O5S/c31-26-28(32-18-20-15-16-21-9-7-8-12-23(21)17-20)27-25(34-30(26)36-24-13-5-2-6-14-24)19-33-29(35-27)22-10-3-1-4-11-22/h1-17,25-31H,18-19H2/t25-,26+,27-,28-,29-,30-/m1/s1. The van der Waals surface area contributed by atoms with E-state index in [0.717, 1.165) is 21.4 Å². The van der Waals surface area contributed by atoms with Gasteiger partial charge in [0, 0.05) is 10.5 Å². The Kier molecular flexibility index (Phi) is 7.05. The SMILES string of the molecule is O[C@H]1[C@@H](OCc2ccc3ccccc3c2)[C@@H]2O[C@H](c3ccccc3)OC[C@H]2O[C@@H]1Sc1ccccc1. The minimum absolute atomic E-state index is 0.351. The fourth-order valence-electron chi connectivity index (χ4n) is 4.78. The van der Waals surface area contributed by atoms with Gasteiger partial charge in [0.2, 0.25) is 0 Å². The highest BCUT2D eigenvalue weighted by atomic mass is 32.2. The smallest absolute Gasteiger partial charge is 0.184 e. The maximum absolute atomic E-state index is 11.4. The maximum Gasteiger partial charge on any atom is 0.184 e. The Hall–Kier alpha value is -2.71. The molecule has 6 heteroatoms. The number of benzene rings is 4. The van der Waals surface area contributed by atoms with Crippen LogP contribution in [0.3, 0.4) is 0 Å². The van der Waals surface area contributed by atoms with Crippen molar-refractivity contribution in [3.63, 3.8) is 0 Å². The van der Waals surface area contributed by atoms with Gasteiger partial charge in [0.1, 0.15) is 29.9 Å². The van der Waals surface area contributed by atoms with Gasteiger partial charge < -0.3 is 24.1 Å². The van der Waals surface area contributed by atoms with Crippen LogP contribution in [0.25, 0.3) is 10.8 Å². The second-order valence-electron chi connectivity index (χ2n) is 9.10. The van der Waals surface area contributed by atoms with Crippen LogP contribution in [0.1, 0.15) is 17.4 Å². The molecular formula is C30H28O5S. The molecule has 2 heterocycles. The third kappa shape index (κ3) is 5.06. The molecule has 4 aromatic rings. The summed E-state index contributed by atoms with van der Waals surface area (Å²) in [6.07, 6.45) is -2.81. The minimum atomic E-state index is -0.883. The van der Waals surface area contributed by atoms with Crippen LogP contribution < -0.4 is 0 Å². The molecule has 6 rings (SSSR count). The molecule has 6 atom stereocenters. The Labute approximate surface area is 215 Å². The Balaban J connectivity index is 1.24. The Bertz CT molecular complexity index is 1280.